The van der Waals surface area contributed by atoms with Crippen molar-refractivity contribution in [2.75, 3.05) is 6.54 Å². The van der Waals surface area contributed by atoms with Crippen LogP contribution >= 0.6 is 11.3 Å². The van der Waals surface area contributed by atoms with Crippen LogP contribution in [0.2, 0.25) is 0 Å². The Morgan fingerprint density at radius 2 is 1.93 bits per heavy atom. The van der Waals surface area contributed by atoms with E-state index in [1.54, 1.807) is 44.9 Å². The summed E-state index contributed by atoms with van der Waals surface area (Å²) in [4.78, 5) is 29.4. The number of fused-ring (bicyclic) bond motifs is 1. The Kier molecular flexibility index (Phi) is 5.53. The molecular formula is C21H19FN4O2S. The quantitative estimate of drug-likeness (QED) is 0.509. The Morgan fingerprint density at radius 3 is 2.69 bits per heavy atom. The lowest BCUT2D eigenvalue weighted by Crippen LogP contribution is -2.32. The van der Waals surface area contributed by atoms with Gasteiger partial charge in [-0.25, -0.2) is 14.2 Å². The number of hydrogen-bond acceptors (Lipinski definition) is 4. The zero-order valence-corrected chi connectivity index (χ0v) is 16.4. The summed E-state index contributed by atoms with van der Waals surface area (Å²) in [6.07, 6.45) is 1.96. The number of pyridine rings is 1. The van der Waals surface area contributed by atoms with Gasteiger partial charge in [0, 0.05) is 19.3 Å². The lowest BCUT2D eigenvalue weighted by atomic mass is 10.2. The van der Waals surface area contributed by atoms with Gasteiger partial charge in [-0.15, -0.1) is 0 Å². The molecule has 0 aliphatic carbocycles. The maximum Gasteiger partial charge on any atom is 0.330 e. The van der Waals surface area contributed by atoms with Gasteiger partial charge in [0.15, 0.2) is 5.65 Å². The molecule has 3 heterocycles. The number of carbonyl (C=O) groups excluding carboxylic acids is 1. The van der Waals surface area contributed by atoms with Gasteiger partial charge in [-0.05, 0) is 52.2 Å². The normalized spacial score (nSPS) is 11.1. The van der Waals surface area contributed by atoms with Gasteiger partial charge in [0.1, 0.15) is 5.82 Å². The summed E-state index contributed by atoms with van der Waals surface area (Å²) < 4.78 is 16.3. The first-order chi connectivity index (χ1) is 14.1. The van der Waals surface area contributed by atoms with Crippen LogP contribution in [0.5, 0.6) is 0 Å². The van der Waals surface area contributed by atoms with Crippen molar-refractivity contribution in [2.24, 2.45) is 0 Å². The van der Waals surface area contributed by atoms with Crippen molar-refractivity contribution >= 4 is 28.4 Å². The molecule has 0 aliphatic rings. The number of thiophene rings is 1. The third kappa shape index (κ3) is 4.27. The Morgan fingerprint density at radius 1 is 1.10 bits per heavy atom. The minimum Gasteiger partial charge on any atom is -0.354 e. The third-order valence-corrected chi connectivity index (χ3v) is 5.36. The van der Waals surface area contributed by atoms with Gasteiger partial charge >= 0.3 is 5.69 Å². The minimum absolute atomic E-state index is 0.0838. The Bertz CT molecular complexity index is 1180. The maximum absolute atomic E-state index is 13.2. The van der Waals surface area contributed by atoms with Gasteiger partial charge in [-0.2, -0.15) is 11.3 Å². The third-order valence-electron chi connectivity index (χ3n) is 4.63. The molecule has 3 aromatic heterocycles. The Hall–Kier alpha value is -3.26. The van der Waals surface area contributed by atoms with Crippen LogP contribution in [0.4, 0.5) is 4.39 Å². The van der Waals surface area contributed by atoms with Crippen LogP contribution in [0, 0.1) is 5.82 Å². The van der Waals surface area contributed by atoms with E-state index in [9.17, 15) is 14.0 Å². The van der Waals surface area contributed by atoms with Crippen molar-refractivity contribution in [1.29, 1.82) is 0 Å². The van der Waals surface area contributed by atoms with E-state index >= 15 is 0 Å². The van der Waals surface area contributed by atoms with Gasteiger partial charge in [-0.3, -0.25) is 13.9 Å². The highest BCUT2D eigenvalue weighted by Gasteiger charge is 2.14. The smallest absolute Gasteiger partial charge is 0.330 e. The first-order valence-electron chi connectivity index (χ1n) is 9.18. The second kappa shape index (κ2) is 8.40. The average molecular weight is 410 g/mol. The number of aromatic nitrogens is 3. The number of amides is 1. The predicted octanol–water partition coefficient (Wildman–Crippen LogP) is 2.81. The molecule has 29 heavy (non-hydrogen) atoms. The molecule has 4 aromatic rings. The number of hydrogen-bond donors (Lipinski definition) is 1. The van der Waals surface area contributed by atoms with Crippen molar-refractivity contribution in [1.82, 2.24) is 19.4 Å². The summed E-state index contributed by atoms with van der Waals surface area (Å²) in [5, 5.41) is 6.73. The van der Waals surface area contributed by atoms with Crippen LogP contribution in [0.3, 0.4) is 0 Å². The van der Waals surface area contributed by atoms with E-state index in [-0.39, 0.29) is 17.4 Å². The summed E-state index contributed by atoms with van der Waals surface area (Å²) in [5.74, 6) is -0.400. The molecule has 0 spiro atoms. The number of nitrogens with one attached hydrogen (secondary N) is 1. The predicted molar refractivity (Wildman–Crippen MR) is 111 cm³/mol. The van der Waals surface area contributed by atoms with Crippen molar-refractivity contribution < 1.29 is 9.18 Å². The van der Waals surface area contributed by atoms with Crippen molar-refractivity contribution in [2.45, 2.75) is 19.5 Å². The molecule has 4 rings (SSSR count). The molecule has 0 atom stereocenters. The molecule has 1 aromatic carbocycles. The zero-order valence-electron chi connectivity index (χ0n) is 15.5. The van der Waals surface area contributed by atoms with Gasteiger partial charge in [0.25, 0.3) is 0 Å². The summed E-state index contributed by atoms with van der Waals surface area (Å²) in [7, 11) is 0. The highest BCUT2D eigenvalue weighted by Crippen LogP contribution is 2.13. The number of imidazole rings is 1. The molecule has 0 radical (unpaired) electrons. The fraction of sp³-hybridized carbons (Fsp3) is 0.190. The van der Waals surface area contributed by atoms with Crippen LogP contribution in [-0.2, 0) is 24.3 Å². The second-order valence-electron chi connectivity index (χ2n) is 6.65. The van der Waals surface area contributed by atoms with Crippen LogP contribution < -0.4 is 11.0 Å². The molecule has 0 saturated heterocycles. The lowest BCUT2D eigenvalue weighted by Gasteiger charge is -2.05. The van der Waals surface area contributed by atoms with Crippen molar-refractivity contribution in [3.05, 3.63) is 86.8 Å². The van der Waals surface area contributed by atoms with Crippen LogP contribution in [0.1, 0.15) is 11.1 Å². The Labute approximate surface area is 170 Å². The lowest BCUT2D eigenvalue weighted by molar-refractivity contribution is -0.120. The molecule has 0 saturated carbocycles. The number of rotatable bonds is 7. The van der Waals surface area contributed by atoms with E-state index in [1.165, 1.54) is 12.1 Å². The SMILES string of the molecule is O=C(Cc1ccsc1)NCCn1c(=O)n(Cc2ccc(F)cc2)c2cccnc21. The summed E-state index contributed by atoms with van der Waals surface area (Å²) in [5.41, 5.74) is 2.84. The van der Waals surface area contributed by atoms with Gasteiger partial charge in [0.05, 0.1) is 18.5 Å². The molecule has 1 amide bonds. The summed E-state index contributed by atoms with van der Waals surface area (Å²) in [6, 6.07) is 11.6. The van der Waals surface area contributed by atoms with Gasteiger partial charge in [0.2, 0.25) is 5.91 Å². The van der Waals surface area contributed by atoms with E-state index in [4.69, 9.17) is 0 Å². The molecule has 0 fully saturated rings. The first-order valence-corrected chi connectivity index (χ1v) is 10.1. The molecule has 8 heteroatoms. The van der Waals surface area contributed by atoms with Crippen LogP contribution in [-0.4, -0.2) is 26.6 Å². The van der Waals surface area contributed by atoms with E-state index < -0.39 is 0 Å². The maximum atomic E-state index is 13.2. The molecular weight excluding hydrogens is 391 g/mol. The number of nitrogens with zero attached hydrogens (tertiary/aromatic N) is 3. The zero-order chi connectivity index (χ0) is 20.2. The summed E-state index contributed by atoms with van der Waals surface area (Å²) >= 11 is 1.55. The van der Waals surface area contributed by atoms with Gasteiger partial charge in [-0.1, -0.05) is 12.1 Å². The molecule has 6 nitrogen and oxygen atoms in total. The van der Waals surface area contributed by atoms with E-state index in [0.29, 0.717) is 37.2 Å². The second-order valence-corrected chi connectivity index (χ2v) is 7.43. The van der Waals surface area contributed by atoms with E-state index in [2.05, 4.69) is 10.3 Å². The largest absolute Gasteiger partial charge is 0.354 e. The summed E-state index contributed by atoms with van der Waals surface area (Å²) in [6.45, 7) is 0.964. The molecule has 148 valence electrons. The number of halogens is 1. The van der Waals surface area contributed by atoms with Crippen molar-refractivity contribution in [3.8, 4) is 0 Å². The van der Waals surface area contributed by atoms with E-state index in [1.807, 2.05) is 22.9 Å². The molecule has 0 aliphatic heterocycles. The topological polar surface area (TPSA) is 68.9 Å². The molecule has 0 bridgehead atoms. The van der Waals surface area contributed by atoms with E-state index in [0.717, 1.165) is 11.1 Å². The Balaban J connectivity index is 1.52. The van der Waals surface area contributed by atoms with Crippen LogP contribution in [0.25, 0.3) is 11.2 Å². The fourth-order valence-corrected chi connectivity index (χ4v) is 3.89. The van der Waals surface area contributed by atoms with Gasteiger partial charge < -0.3 is 5.32 Å². The fourth-order valence-electron chi connectivity index (χ4n) is 3.22. The first kappa shape index (κ1) is 19.1. The molecule has 0 unspecified atom stereocenters. The standard InChI is InChI=1S/C21H19FN4O2S/c22-17-5-3-15(4-6-17)13-26-18-2-1-8-24-20(18)25(21(26)28)10-9-23-19(27)12-16-7-11-29-14-16/h1-8,11,14H,9-10,12-13H2,(H,23,27). The molecule has 1 N–H and O–H groups in total. The minimum atomic E-state index is -0.316. The average Bonchev–Trinajstić information content (AvgIpc) is 3.32. The monoisotopic (exact) mass is 410 g/mol. The van der Waals surface area contributed by atoms with Crippen molar-refractivity contribution in [3.63, 3.8) is 0 Å². The highest BCUT2D eigenvalue weighted by molar-refractivity contribution is 7.08. The number of carbonyl (C=O) groups is 1. The number of benzene rings is 1. The highest BCUT2D eigenvalue weighted by atomic mass is 32.1. The van der Waals surface area contributed by atoms with Crippen LogP contribution in [0.15, 0.2) is 64.2 Å².